The van der Waals surface area contributed by atoms with E-state index in [4.69, 9.17) is 16.6 Å². The highest BCUT2D eigenvalue weighted by Crippen LogP contribution is 2.26. The van der Waals surface area contributed by atoms with E-state index < -0.39 is 5.41 Å². The SMILES string of the molecule is CC(C)(C)C(=O)NC(=S)Nc1ccc2oc(-c3ccc(F)cc3)nc2c1. The van der Waals surface area contributed by atoms with Gasteiger partial charge in [0.05, 0.1) is 0 Å². The maximum atomic E-state index is 13.0. The smallest absolute Gasteiger partial charge is 0.231 e. The Kier molecular flexibility index (Phi) is 4.73. The van der Waals surface area contributed by atoms with Gasteiger partial charge < -0.3 is 15.1 Å². The van der Waals surface area contributed by atoms with Crippen molar-refractivity contribution in [3.63, 3.8) is 0 Å². The Morgan fingerprint density at radius 1 is 1.15 bits per heavy atom. The number of nitrogens with zero attached hydrogens (tertiary/aromatic N) is 1. The van der Waals surface area contributed by atoms with Crippen molar-refractivity contribution < 1.29 is 13.6 Å². The van der Waals surface area contributed by atoms with Gasteiger partial charge in [-0.2, -0.15) is 0 Å². The number of hydrogen-bond acceptors (Lipinski definition) is 4. The molecule has 3 aromatic rings. The zero-order chi connectivity index (χ0) is 18.9. The van der Waals surface area contributed by atoms with Crippen molar-refractivity contribution in [1.82, 2.24) is 10.3 Å². The fourth-order valence-corrected chi connectivity index (χ4v) is 2.38. The lowest BCUT2D eigenvalue weighted by atomic mass is 9.96. The summed E-state index contributed by atoms with van der Waals surface area (Å²) in [6.45, 7) is 5.43. The number of fused-ring (bicyclic) bond motifs is 1. The summed E-state index contributed by atoms with van der Waals surface area (Å²) in [5, 5.41) is 5.83. The molecule has 0 bridgehead atoms. The molecule has 0 saturated heterocycles. The summed E-state index contributed by atoms with van der Waals surface area (Å²) in [4.78, 5) is 16.4. The highest BCUT2D eigenvalue weighted by molar-refractivity contribution is 7.80. The van der Waals surface area contributed by atoms with Gasteiger partial charge in [0.15, 0.2) is 10.7 Å². The molecule has 0 aliphatic carbocycles. The lowest BCUT2D eigenvalue weighted by molar-refractivity contribution is -0.126. The normalized spacial score (nSPS) is 11.4. The molecular formula is C19H18FN3O2S. The first-order valence-corrected chi connectivity index (χ1v) is 8.42. The minimum Gasteiger partial charge on any atom is -0.436 e. The van der Waals surface area contributed by atoms with Gasteiger partial charge in [0.2, 0.25) is 11.8 Å². The van der Waals surface area contributed by atoms with Crippen LogP contribution in [0.25, 0.3) is 22.6 Å². The number of carbonyl (C=O) groups is 1. The zero-order valence-electron chi connectivity index (χ0n) is 14.6. The van der Waals surface area contributed by atoms with Gasteiger partial charge in [-0.25, -0.2) is 9.37 Å². The van der Waals surface area contributed by atoms with Crippen molar-refractivity contribution in [2.75, 3.05) is 5.32 Å². The molecule has 7 heteroatoms. The maximum Gasteiger partial charge on any atom is 0.231 e. The van der Waals surface area contributed by atoms with Crippen LogP contribution in [0.3, 0.4) is 0 Å². The standard InChI is InChI=1S/C19H18FN3O2S/c1-19(2,3)17(24)23-18(26)21-13-8-9-15-14(10-13)22-16(25-15)11-4-6-12(20)7-5-11/h4-10H,1-3H3,(H2,21,23,24,26). The zero-order valence-corrected chi connectivity index (χ0v) is 15.4. The Bertz CT molecular complexity index is 975. The average Bonchev–Trinajstić information content (AvgIpc) is 2.97. The summed E-state index contributed by atoms with van der Waals surface area (Å²) in [5.74, 6) is -0.0842. The van der Waals surface area contributed by atoms with E-state index in [1.165, 1.54) is 12.1 Å². The van der Waals surface area contributed by atoms with Crippen LogP contribution < -0.4 is 10.6 Å². The first-order valence-electron chi connectivity index (χ1n) is 8.01. The summed E-state index contributed by atoms with van der Waals surface area (Å²) < 4.78 is 18.7. The Hall–Kier alpha value is -2.80. The van der Waals surface area contributed by atoms with E-state index in [0.29, 0.717) is 28.2 Å². The number of hydrogen-bond donors (Lipinski definition) is 2. The third kappa shape index (κ3) is 4.05. The molecule has 134 valence electrons. The predicted octanol–water partition coefficient (Wildman–Crippen LogP) is 4.49. The number of amides is 1. The summed E-state index contributed by atoms with van der Waals surface area (Å²) in [7, 11) is 0. The molecule has 0 saturated carbocycles. The Morgan fingerprint density at radius 2 is 1.85 bits per heavy atom. The molecule has 1 heterocycles. The summed E-state index contributed by atoms with van der Waals surface area (Å²) in [6, 6.07) is 11.2. The molecule has 0 spiro atoms. The Balaban J connectivity index is 1.78. The minimum absolute atomic E-state index is 0.170. The van der Waals surface area contributed by atoms with Crippen LogP contribution in [-0.2, 0) is 4.79 Å². The second kappa shape index (κ2) is 6.84. The van der Waals surface area contributed by atoms with E-state index in [1.54, 1.807) is 30.3 Å². The molecule has 0 atom stereocenters. The van der Waals surface area contributed by atoms with Crippen molar-refractivity contribution in [1.29, 1.82) is 0 Å². The third-order valence-electron chi connectivity index (χ3n) is 3.64. The van der Waals surface area contributed by atoms with Crippen LogP contribution in [0.2, 0.25) is 0 Å². The topological polar surface area (TPSA) is 67.2 Å². The van der Waals surface area contributed by atoms with Crippen molar-refractivity contribution in [3.05, 3.63) is 48.3 Å². The third-order valence-corrected chi connectivity index (χ3v) is 3.85. The Labute approximate surface area is 155 Å². The molecule has 2 N–H and O–H groups in total. The van der Waals surface area contributed by atoms with Crippen LogP contribution in [0.5, 0.6) is 0 Å². The number of carbonyl (C=O) groups excluding carboxylic acids is 1. The van der Waals surface area contributed by atoms with Gasteiger partial charge in [-0.15, -0.1) is 0 Å². The molecule has 1 amide bonds. The Morgan fingerprint density at radius 3 is 2.50 bits per heavy atom. The monoisotopic (exact) mass is 371 g/mol. The van der Waals surface area contributed by atoms with Crippen LogP contribution in [0.4, 0.5) is 10.1 Å². The van der Waals surface area contributed by atoms with Crippen molar-refractivity contribution in [2.45, 2.75) is 20.8 Å². The molecule has 26 heavy (non-hydrogen) atoms. The number of thiocarbonyl (C=S) groups is 1. The van der Waals surface area contributed by atoms with Gasteiger partial charge in [-0.05, 0) is 54.7 Å². The number of oxazole rings is 1. The van der Waals surface area contributed by atoms with E-state index >= 15 is 0 Å². The van der Waals surface area contributed by atoms with Gasteiger partial charge in [-0.3, -0.25) is 4.79 Å². The van der Waals surface area contributed by atoms with Gasteiger partial charge in [-0.1, -0.05) is 20.8 Å². The number of halogens is 1. The molecule has 1 aromatic heterocycles. The van der Waals surface area contributed by atoms with E-state index in [1.807, 2.05) is 20.8 Å². The molecule has 0 aliphatic heterocycles. The van der Waals surface area contributed by atoms with Crippen LogP contribution in [0, 0.1) is 11.2 Å². The highest BCUT2D eigenvalue weighted by atomic mass is 32.1. The molecule has 0 aliphatic rings. The maximum absolute atomic E-state index is 13.0. The lowest BCUT2D eigenvalue weighted by Gasteiger charge is -2.18. The van der Waals surface area contributed by atoms with Crippen molar-refractivity contribution in [2.24, 2.45) is 5.41 Å². The van der Waals surface area contributed by atoms with Gasteiger partial charge in [0.1, 0.15) is 11.3 Å². The summed E-state index contributed by atoms with van der Waals surface area (Å²) in [6.07, 6.45) is 0. The van der Waals surface area contributed by atoms with Crippen LogP contribution in [0.1, 0.15) is 20.8 Å². The minimum atomic E-state index is -0.536. The number of nitrogens with one attached hydrogen (secondary N) is 2. The second-order valence-electron chi connectivity index (χ2n) is 6.87. The van der Waals surface area contributed by atoms with E-state index in [9.17, 15) is 9.18 Å². The second-order valence-corrected chi connectivity index (χ2v) is 7.27. The van der Waals surface area contributed by atoms with Crippen LogP contribution >= 0.6 is 12.2 Å². The molecular weight excluding hydrogens is 353 g/mol. The summed E-state index contributed by atoms with van der Waals surface area (Å²) >= 11 is 5.18. The number of anilines is 1. The molecule has 5 nitrogen and oxygen atoms in total. The van der Waals surface area contributed by atoms with Crippen molar-refractivity contribution in [3.8, 4) is 11.5 Å². The molecule has 0 radical (unpaired) electrons. The van der Waals surface area contributed by atoms with E-state index in [-0.39, 0.29) is 16.8 Å². The van der Waals surface area contributed by atoms with Crippen molar-refractivity contribution >= 4 is 40.0 Å². The largest absolute Gasteiger partial charge is 0.436 e. The number of rotatable bonds is 2. The van der Waals surface area contributed by atoms with E-state index in [0.717, 1.165) is 0 Å². The molecule has 3 rings (SSSR count). The van der Waals surface area contributed by atoms with Gasteiger partial charge in [0, 0.05) is 16.7 Å². The number of aromatic nitrogens is 1. The quantitative estimate of drug-likeness (QED) is 0.650. The first-order chi connectivity index (χ1) is 12.2. The highest BCUT2D eigenvalue weighted by Gasteiger charge is 2.22. The molecule has 0 fully saturated rings. The van der Waals surface area contributed by atoms with Crippen LogP contribution in [0.15, 0.2) is 46.9 Å². The molecule has 0 unspecified atom stereocenters. The van der Waals surface area contributed by atoms with E-state index in [2.05, 4.69) is 15.6 Å². The fourth-order valence-electron chi connectivity index (χ4n) is 2.17. The van der Waals surface area contributed by atoms with Crippen LogP contribution in [-0.4, -0.2) is 16.0 Å². The predicted molar refractivity (Wildman–Crippen MR) is 103 cm³/mol. The first kappa shape index (κ1) is 18.0. The molecule has 2 aromatic carbocycles. The fraction of sp³-hybridized carbons (Fsp3) is 0.211. The lowest BCUT2D eigenvalue weighted by Crippen LogP contribution is -2.41. The number of benzene rings is 2. The average molecular weight is 371 g/mol. The summed E-state index contributed by atoms with van der Waals surface area (Å²) in [5.41, 5.74) is 2.05. The van der Waals surface area contributed by atoms with Gasteiger partial charge >= 0.3 is 0 Å². The van der Waals surface area contributed by atoms with Gasteiger partial charge in [0.25, 0.3) is 0 Å².